The molecule has 0 N–H and O–H groups in total. The number of benzene rings is 1. The molecule has 0 spiro atoms. The first-order chi connectivity index (χ1) is 7.56. The third-order valence-electron chi connectivity index (χ3n) is 3.08. The maximum Gasteiger partial charge on any atom is 0.225 e. The van der Waals surface area contributed by atoms with Crippen LogP contribution in [0.25, 0.3) is 0 Å². The summed E-state index contributed by atoms with van der Waals surface area (Å²) in [6.07, 6.45) is 0.900. The van der Waals surface area contributed by atoms with E-state index in [-0.39, 0.29) is 11.8 Å². The third kappa shape index (κ3) is 3.09. The molecule has 0 aromatic heterocycles. The molecule has 0 aliphatic carbocycles. The Morgan fingerprint density at radius 3 is 2.56 bits per heavy atom. The molecule has 0 aliphatic rings. The van der Waals surface area contributed by atoms with Gasteiger partial charge in [0.1, 0.15) is 0 Å². The van der Waals surface area contributed by atoms with Gasteiger partial charge in [0.15, 0.2) is 0 Å². The molecule has 0 radical (unpaired) electrons. The first kappa shape index (κ1) is 12.8. The molecular formula is C14H21NO. The fourth-order valence-corrected chi connectivity index (χ4v) is 1.67. The van der Waals surface area contributed by atoms with Gasteiger partial charge in [-0.3, -0.25) is 4.79 Å². The Morgan fingerprint density at radius 1 is 1.38 bits per heavy atom. The van der Waals surface area contributed by atoms with E-state index < -0.39 is 0 Å². The van der Waals surface area contributed by atoms with Gasteiger partial charge in [0.25, 0.3) is 0 Å². The number of rotatable bonds is 4. The molecule has 0 saturated heterocycles. The van der Waals surface area contributed by atoms with E-state index in [1.807, 2.05) is 37.9 Å². The van der Waals surface area contributed by atoms with Crippen molar-refractivity contribution in [2.24, 2.45) is 5.92 Å². The molecule has 0 bridgehead atoms. The zero-order valence-corrected chi connectivity index (χ0v) is 10.7. The van der Waals surface area contributed by atoms with Crippen LogP contribution in [0.2, 0.25) is 0 Å². The Bertz CT molecular complexity index is 360. The summed E-state index contributed by atoms with van der Waals surface area (Å²) in [5.74, 6) is 0.347. The molecule has 0 fully saturated rings. The van der Waals surface area contributed by atoms with Crippen LogP contribution in [0.4, 0.5) is 0 Å². The van der Waals surface area contributed by atoms with Crippen molar-refractivity contribution < 1.29 is 4.79 Å². The van der Waals surface area contributed by atoms with Crippen molar-refractivity contribution in [2.45, 2.75) is 33.7 Å². The zero-order chi connectivity index (χ0) is 12.1. The predicted molar refractivity (Wildman–Crippen MR) is 67.1 cm³/mol. The van der Waals surface area contributed by atoms with Gasteiger partial charge in [-0.15, -0.1) is 0 Å². The number of hydrogen-bond donors (Lipinski definition) is 0. The molecule has 2 nitrogen and oxygen atoms in total. The lowest BCUT2D eigenvalue weighted by Gasteiger charge is -2.21. The summed E-state index contributed by atoms with van der Waals surface area (Å²) in [5, 5.41) is 0. The minimum absolute atomic E-state index is 0.119. The average molecular weight is 219 g/mol. The molecule has 1 unspecified atom stereocenters. The van der Waals surface area contributed by atoms with Crippen LogP contribution in [0.5, 0.6) is 0 Å². The fraction of sp³-hybridized carbons (Fsp3) is 0.500. The van der Waals surface area contributed by atoms with Crippen LogP contribution in [0, 0.1) is 12.8 Å². The van der Waals surface area contributed by atoms with E-state index >= 15 is 0 Å². The largest absolute Gasteiger partial charge is 0.341 e. The number of aryl methyl sites for hydroxylation is 1. The van der Waals surface area contributed by atoms with Crippen LogP contribution in [0.1, 0.15) is 31.4 Å². The predicted octanol–water partition coefficient (Wildman–Crippen LogP) is 3.00. The Balaban J connectivity index is 2.68. The molecule has 1 atom stereocenters. The number of carbonyl (C=O) groups excluding carboxylic acids is 1. The van der Waals surface area contributed by atoms with Gasteiger partial charge in [-0.1, -0.05) is 38.1 Å². The Labute approximate surface area is 98.3 Å². The standard InChI is InChI=1S/C14H21NO/c1-5-11(2)14(16)15(4)10-13-9-7-6-8-12(13)3/h6-9,11H,5,10H2,1-4H3. The molecule has 0 heterocycles. The lowest BCUT2D eigenvalue weighted by atomic mass is 10.1. The van der Waals surface area contributed by atoms with Gasteiger partial charge in [0, 0.05) is 19.5 Å². The Hall–Kier alpha value is -1.31. The SMILES string of the molecule is CCC(C)C(=O)N(C)Cc1ccccc1C. The van der Waals surface area contributed by atoms with E-state index in [1.165, 1.54) is 11.1 Å². The lowest BCUT2D eigenvalue weighted by Crippen LogP contribution is -2.31. The van der Waals surface area contributed by atoms with E-state index in [9.17, 15) is 4.79 Å². The number of hydrogen-bond acceptors (Lipinski definition) is 1. The minimum Gasteiger partial charge on any atom is -0.341 e. The highest BCUT2D eigenvalue weighted by molar-refractivity contribution is 5.78. The smallest absolute Gasteiger partial charge is 0.225 e. The normalized spacial score (nSPS) is 12.2. The Kier molecular flexibility index (Phi) is 4.53. The van der Waals surface area contributed by atoms with Crippen molar-refractivity contribution in [3.63, 3.8) is 0 Å². The lowest BCUT2D eigenvalue weighted by molar-refractivity contribution is -0.134. The van der Waals surface area contributed by atoms with Crippen LogP contribution in [0.3, 0.4) is 0 Å². The van der Waals surface area contributed by atoms with E-state index in [4.69, 9.17) is 0 Å². The maximum atomic E-state index is 11.9. The van der Waals surface area contributed by atoms with Gasteiger partial charge in [-0.25, -0.2) is 0 Å². The molecule has 1 amide bonds. The van der Waals surface area contributed by atoms with E-state index in [0.717, 1.165) is 6.42 Å². The summed E-state index contributed by atoms with van der Waals surface area (Å²) in [7, 11) is 1.88. The van der Waals surface area contributed by atoms with Gasteiger partial charge < -0.3 is 4.90 Å². The summed E-state index contributed by atoms with van der Waals surface area (Å²) in [6, 6.07) is 8.20. The topological polar surface area (TPSA) is 20.3 Å². The van der Waals surface area contributed by atoms with Crippen LogP contribution in [-0.2, 0) is 11.3 Å². The molecule has 2 heteroatoms. The van der Waals surface area contributed by atoms with Crippen LogP contribution < -0.4 is 0 Å². The molecule has 1 rings (SSSR count). The van der Waals surface area contributed by atoms with E-state index in [2.05, 4.69) is 19.1 Å². The van der Waals surface area contributed by atoms with Gasteiger partial charge in [-0.2, -0.15) is 0 Å². The van der Waals surface area contributed by atoms with Crippen molar-refractivity contribution in [1.82, 2.24) is 4.90 Å². The number of amides is 1. The van der Waals surface area contributed by atoms with Crippen LogP contribution in [-0.4, -0.2) is 17.9 Å². The van der Waals surface area contributed by atoms with E-state index in [1.54, 1.807) is 0 Å². The Morgan fingerprint density at radius 2 is 2.00 bits per heavy atom. The highest BCUT2D eigenvalue weighted by atomic mass is 16.2. The second-order valence-electron chi connectivity index (χ2n) is 4.43. The van der Waals surface area contributed by atoms with Crippen molar-refractivity contribution >= 4 is 5.91 Å². The monoisotopic (exact) mass is 219 g/mol. The summed E-state index contributed by atoms with van der Waals surface area (Å²) >= 11 is 0. The quantitative estimate of drug-likeness (QED) is 0.762. The van der Waals surface area contributed by atoms with Gasteiger partial charge in [0.2, 0.25) is 5.91 Å². The molecule has 16 heavy (non-hydrogen) atoms. The first-order valence-electron chi connectivity index (χ1n) is 5.85. The van der Waals surface area contributed by atoms with Crippen LogP contribution in [0.15, 0.2) is 24.3 Å². The zero-order valence-electron chi connectivity index (χ0n) is 10.7. The van der Waals surface area contributed by atoms with Crippen LogP contribution >= 0.6 is 0 Å². The summed E-state index contributed by atoms with van der Waals surface area (Å²) in [5.41, 5.74) is 2.47. The van der Waals surface area contributed by atoms with Gasteiger partial charge in [0.05, 0.1) is 0 Å². The molecule has 0 aliphatic heterocycles. The molecule has 88 valence electrons. The van der Waals surface area contributed by atoms with E-state index in [0.29, 0.717) is 6.54 Å². The fourth-order valence-electron chi connectivity index (χ4n) is 1.67. The summed E-state index contributed by atoms with van der Waals surface area (Å²) in [4.78, 5) is 13.7. The second-order valence-corrected chi connectivity index (χ2v) is 4.43. The number of nitrogens with zero attached hydrogens (tertiary/aromatic N) is 1. The van der Waals surface area contributed by atoms with Crippen molar-refractivity contribution in [1.29, 1.82) is 0 Å². The first-order valence-corrected chi connectivity index (χ1v) is 5.85. The molecule has 0 saturated carbocycles. The van der Waals surface area contributed by atoms with Gasteiger partial charge >= 0.3 is 0 Å². The van der Waals surface area contributed by atoms with Gasteiger partial charge in [-0.05, 0) is 24.5 Å². The molecule has 1 aromatic rings. The highest BCUT2D eigenvalue weighted by Gasteiger charge is 2.15. The average Bonchev–Trinajstić information content (AvgIpc) is 2.30. The highest BCUT2D eigenvalue weighted by Crippen LogP contribution is 2.12. The minimum atomic E-state index is 0.119. The maximum absolute atomic E-state index is 11.9. The third-order valence-corrected chi connectivity index (χ3v) is 3.08. The van der Waals surface area contributed by atoms with Crippen molar-refractivity contribution in [3.05, 3.63) is 35.4 Å². The van der Waals surface area contributed by atoms with Crippen molar-refractivity contribution in [2.75, 3.05) is 7.05 Å². The van der Waals surface area contributed by atoms with Crippen molar-refractivity contribution in [3.8, 4) is 0 Å². The molecular weight excluding hydrogens is 198 g/mol. The summed E-state index contributed by atoms with van der Waals surface area (Å²) < 4.78 is 0. The second kappa shape index (κ2) is 5.69. The number of carbonyl (C=O) groups is 1. The molecule has 1 aromatic carbocycles. The summed E-state index contributed by atoms with van der Waals surface area (Å²) in [6.45, 7) is 6.81.